The fourth-order valence-electron chi connectivity index (χ4n) is 1.87. The Balaban J connectivity index is 2.20. The summed E-state index contributed by atoms with van der Waals surface area (Å²) in [5, 5.41) is 10.9. The molecule has 0 spiro atoms. The van der Waals surface area contributed by atoms with Crippen LogP contribution in [0.2, 0.25) is 10.0 Å². The first-order valence-electron chi connectivity index (χ1n) is 5.80. The molecule has 0 amide bonds. The van der Waals surface area contributed by atoms with Gasteiger partial charge in [-0.1, -0.05) is 53.5 Å². The summed E-state index contributed by atoms with van der Waals surface area (Å²) < 4.78 is 0. The van der Waals surface area contributed by atoms with Gasteiger partial charge in [-0.3, -0.25) is 0 Å². The molecule has 0 aliphatic heterocycles. The number of aryl methyl sites for hydroxylation is 2. The highest BCUT2D eigenvalue weighted by molar-refractivity contribution is 6.37. The summed E-state index contributed by atoms with van der Waals surface area (Å²) in [5.41, 5.74) is 2.74. The molecule has 0 saturated carbocycles. The van der Waals surface area contributed by atoms with Gasteiger partial charge in [0.2, 0.25) is 0 Å². The van der Waals surface area contributed by atoms with Gasteiger partial charge in [0.05, 0.1) is 5.02 Å². The van der Waals surface area contributed by atoms with Crippen LogP contribution in [0.5, 0.6) is 5.75 Å². The van der Waals surface area contributed by atoms with Crippen LogP contribution < -0.4 is 0 Å². The van der Waals surface area contributed by atoms with Crippen LogP contribution in [0.3, 0.4) is 0 Å². The third-order valence-electron chi connectivity index (χ3n) is 3.03. The van der Waals surface area contributed by atoms with Gasteiger partial charge in [-0.15, -0.1) is 0 Å². The zero-order valence-corrected chi connectivity index (χ0v) is 11.6. The van der Waals surface area contributed by atoms with Crippen LogP contribution in [0.4, 0.5) is 0 Å². The summed E-state index contributed by atoms with van der Waals surface area (Å²) in [4.78, 5) is 0. The van der Waals surface area contributed by atoms with E-state index in [-0.39, 0.29) is 5.75 Å². The highest BCUT2D eigenvalue weighted by Gasteiger charge is 2.12. The predicted octanol–water partition coefficient (Wildman–Crippen LogP) is 4.79. The van der Waals surface area contributed by atoms with Crippen LogP contribution in [-0.4, -0.2) is 5.11 Å². The van der Waals surface area contributed by atoms with E-state index in [4.69, 9.17) is 23.2 Å². The smallest absolute Gasteiger partial charge is 0.137 e. The Kier molecular flexibility index (Phi) is 4.15. The Morgan fingerprint density at radius 2 is 1.72 bits per heavy atom. The molecule has 0 heterocycles. The van der Waals surface area contributed by atoms with Gasteiger partial charge in [0.1, 0.15) is 5.75 Å². The molecule has 0 atom stereocenters. The molecule has 0 fully saturated rings. The molecule has 0 unspecified atom stereocenters. The largest absolute Gasteiger partial charge is 0.506 e. The van der Waals surface area contributed by atoms with Crippen LogP contribution in [0.15, 0.2) is 36.4 Å². The predicted molar refractivity (Wildman–Crippen MR) is 76.7 cm³/mol. The van der Waals surface area contributed by atoms with E-state index in [2.05, 4.69) is 12.1 Å². The Morgan fingerprint density at radius 1 is 1.06 bits per heavy atom. The Morgan fingerprint density at radius 3 is 2.39 bits per heavy atom. The van der Waals surface area contributed by atoms with Gasteiger partial charge in [-0.05, 0) is 42.5 Å². The molecule has 0 radical (unpaired) electrons. The average molecular weight is 281 g/mol. The van der Waals surface area contributed by atoms with Crippen molar-refractivity contribution in [1.82, 2.24) is 0 Å². The molecule has 0 bridgehead atoms. The van der Waals surface area contributed by atoms with Crippen LogP contribution in [0.25, 0.3) is 0 Å². The monoisotopic (exact) mass is 280 g/mol. The lowest BCUT2D eigenvalue weighted by Gasteiger charge is -2.10. The van der Waals surface area contributed by atoms with Gasteiger partial charge in [-0.2, -0.15) is 0 Å². The number of phenolic OH excluding ortho intramolecular Hbond substituents is 1. The van der Waals surface area contributed by atoms with E-state index in [0.29, 0.717) is 10.0 Å². The number of halogens is 2. The van der Waals surface area contributed by atoms with Crippen molar-refractivity contribution >= 4 is 23.2 Å². The summed E-state index contributed by atoms with van der Waals surface area (Å²) in [6.45, 7) is 1.80. The van der Waals surface area contributed by atoms with Crippen molar-refractivity contribution in [3.05, 3.63) is 63.1 Å². The van der Waals surface area contributed by atoms with E-state index < -0.39 is 0 Å². The lowest BCUT2D eigenvalue weighted by Crippen LogP contribution is -1.94. The first-order valence-corrected chi connectivity index (χ1v) is 6.55. The standard InChI is InChI=1S/C15H14Cl2O/c1-10-13(16)9-12(15(18)14(10)17)8-7-11-5-3-2-4-6-11/h2-6,9,18H,7-8H2,1H3. The van der Waals surface area contributed by atoms with E-state index >= 15 is 0 Å². The van der Waals surface area contributed by atoms with Crippen LogP contribution in [0, 0.1) is 6.92 Å². The lowest BCUT2D eigenvalue weighted by molar-refractivity contribution is 0.468. The molecule has 2 aromatic rings. The SMILES string of the molecule is Cc1c(Cl)cc(CCc2ccccc2)c(O)c1Cl. The van der Waals surface area contributed by atoms with Crippen LogP contribution >= 0.6 is 23.2 Å². The number of rotatable bonds is 3. The minimum absolute atomic E-state index is 0.148. The maximum atomic E-state index is 9.99. The molecule has 1 nitrogen and oxygen atoms in total. The number of hydrogen-bond acceptors (Lipinski definition) is 1. The van der Waals surface area contributed by atoms with E-state index in [0.717, 1.165) is 24.0 Å². The highest BCUT2D eigenvalue weighted by atomic mass is 35.5. The molecule has 0 aliphatic carbocycles. The third kappa shape index (κ3) is 2.80. The second-order valence-corrected chi connectivity index (χ2v) is 5.08. The summed E-state index contributed by atoms with van der Waals surface area (Å²) >= 11 is 12.1. The highest BCUT2D eigenvalue weighted by Crippen LogP contribution is 2.36. The summed E-state index contributed by atoms with van der Waals surface area (Å²) in [7, 11) is 0. The van der Waals surface area contributed by atoms with Crippen molar-refractivity contribution in [3.8, 4) is 5.75 Å². The zero-order valence-electron chi connectivity index (χ0n) is 10.1. The fourth-order valence-corrected chi connectivity index (χ4v) is 2.36. The summed E-state index contributed by atoms with van der Waals surface area (Å²) in [6.07, 6.45) is 1.57. The number of phenols is 1. The van der Waals surface area contributed by atoms with Crippen LogP contribution in [0.1, 0.15) is 16.7 Å². The molecule has 0 saturated heterocycles. The first-order chi connectivity index (χ1) is 8.59. The Labute approximate surface area is 117 Å². The minimum atomic E-state index is 0.148. The normalized spacial score (nSPS) is 10.6. The third-order valence-corrected chi connectivity index (χ3v) is 3.88. The molecule has 94 valence electrons. The average Bonchev–Trinajstić information content (AvgIpc) is 2.40. The van der Waals surface area contributed by atoms with Gasteiger partial charge in [-0.25, -0.2) is 0 Å². The molecule has 3 heteroatoms. The fraction of sp³-hybridized carbons (Fsp3) is 0.200. The zero-order chi connectivity index (χ0) is 13.1. The minimum Gasteiger partial charge on any atom is -0.506 e. The molecule has 18 heavy (non-hydrogen) atoms. The number of hydrogen-bond donors (Lipinski definition) is 1. The molecule has 0 aromatic heterocycles. The topological polar surface area (TPSA) is 20.2 Å². The van der Waals surface area contributed by atoms with Gasteiger partial charge >= 0.3 is 0 Å². The van der Waals surface area contributed by atoms with Gasteiger partial charge < -0.3 is 5.11 Å². The van der Waals surface area contributed by atoms with E-state index in [1.54, 1.807) is 13.0 Å². The molecule has 1 N–H and O–H groups in total. The Bertz CT molecular complexity index is 550. The van der Waals surface area contributed by atoms with E-state index in [1.165, 1.54) is 5.56 Å². The molecular formula is C15H14Cl2O. The van der Waals surface area contributed by atoms with Gasteiger partial charge in [0.25, 0.3) is 0 Å². The lowest BCUT2D eigenvalue weighted by atomic mass is 10.0. The van der Waals surface area contributed by atoms with Crippen LogP contribution in [-0.2, 0) is 12.8 Å². The second kappa shape index (κ2) is 5.64. The number of benzene rings is 2. The van der Waals surface area contributed by atoms with E-state index in [1.807, 2.05) is 18.2 Å². The van der Waals surface area contributed by atoms with Crippen molar-refractivity contribution in [2.75, 3.05) is 0 Å². The maximum absolute atomic E-state index is 9.99. The molecule has 2 aromatic carbocycles. The van der Waals surface area contributed by atoms with Crippen molar-refractivity contribution in [3.63, 3.8) is 0 Å². The van der Waals surface area contributed by atoms with Crippen molar-refractivity contribution in [2.45, 2.75) is 19.8 Å². The van der Waals surface area contributed by atoms with E-state index in [9.17, 15) is 5.11 Å². The first kappa shape index (κ1) is 13.3. The van der Waals surface area contributed by atoms with Crippen molar-refractivity contribution < 1.29 is 5.11 Å². The van der Waals surface area contributed by atoms with Crippen molar-refractivity contribution in [2.24, 2.45) is 0 Å². The Hall–Kier alpha value is -1.18. The second-order valence-electron chi connectivity index (χ2n) is 4.29. The van der Waals surface area contributed by atoms with Gasteiger partial charge in [0, 0.05) is 5.02 Å². The summed E-state index contributed by atoms with van der Waals surface area (Å²) in [6, 6.07) is 11.9. The van der Waals surface area contributed by atoms with Crippen molar-refractivity contribution in [1.29, 1.82) is 0 Å². The van der Waals surface area contributed by atoms with Gasteiger partial charge in [0.15, 0.2) is 0 Å². The number of aromatic hydroxyl groups is 1. The molecular weight excluding hydrogens is 267 g/mol. The molecule has 2 rings (SSSR count). The summed E-state index contributed by atoms with van der Waals surface area (Å²) in [5.74, 6) is 0.148. The molecule has 0 aliphatic rings. The maximum Gasteiger partial charge on any atom is 0.137 e. The quantitative estimate of drug-likeness (QED) is 0.857.